The minimum atomic E-state index is -2.75. The molecule has 4 bridgehead atoms. The van der Waals surface area contributed by atoms with E-state index in [1.165, 1.54) is 37.3 Å². The molecule has 1 fully saturated rings. The zero-order valence-corrected chi connectivity index (χ0v) is 66.6. The summed E-state index contributed by atoms with van der Waals surface area (Å²) in [6.45, 7) is -1.91. The number of aliphatic imine (C=N–C) groups is 12. The summed E-state index contributed by atoms with van der Waals surface area (Å²) in [6, 6.07) is -1.07. The molecule has 3 aliphatic rings. The number of benzene rings is 3. The number of hydrogen-bond donors (Lipinski definition) is 27. The number of carbonyl (C=O) groups excluding carboxylic acids is 1. The summed E-state index contributed by atoms with van der Waals surface area (Å²) in [7, 11) is 0. The van der Waals surface area contributed by atoms with E-state index in [0.29, 0.717) is 21.2 Å². The fraction of sp³-hybridized carbons (Fsp3) is 0.474. The molecule has 0 aliphatic carbocycles. The highest BCUT2D eigenvalue weighted by Gasteiger charge is 2.48. The topological polar surface area (TPSA) is 760 Å². The Morgan fingerprint density at radius 2 is 1.17 bits per heavy atom. The lowest BCUT2D eigenvalue weighted by Crippen LogP contribution is -2.56. The number of carboxylic acids is 1. The van der Waals surface area contributed by atoms with E-state index in [1.54, 1.807) is 79.7 Å². The van der Waals surface area contributed by atoms with E-state index in [1.807, 2.05) is 0 Å². The summed E-state index contributed by atoms with van der Waals surface area (Å²) in [6.07, 6.45) is -20.9. The Kier molecular flexibility index (Phi) is 36.0. The molecule has 45 heteroatoms. The maximum atomic E-state index is 12.7. The first-order valence-electron chi connectivity index (χ1n) is 37.3. The van der Waals surface area contributed by atoms with E-state index in [2.05, 4.69) is 75.8 Å². The molecular formula is C76H99BrN16O28. The zero-order chi connectivity index (χ0) is 89.4. The first-order chi connectivity index (χ1) is 57.2. The Morgan fingerprint density at radius 1 is 0.603 bits per heavy atom. The molecule has 0 amide bonds. The van der Waals surface area contributed by atoms with Gasteiger partial charge >= 0.3 is 0 Å². The molecule has 4 aromatic rings. The van der Waals surface area contributed by atoms with E-state index in [9.17, 15) is 138 Å². The van der Waals surface area contributed by atoms with E-state index in [0.717, 1.165) is 34.1 Å². The Morgan fingerprint density at radius 3 is 1.78 bits per heavy atom. The van der Waals surface area contributed by atoms with Gasteiger partial charge < -0.3 is 142 Å². The molecule has 0 unspecified atom stereocenters. The summed E-state index contributed by atoms with van der Waals surface area (Å²) in [4.78, 5) is 60.9. The second-order valence-electron chi connectivity index (χ2n) is 28.3. The molecular weight excluding hydrogens is 1660 g/mol. The highest BCUT2D eigenvalue weighted by Crippen LogP contribution is 2.31. The fourth-order valence-electron chi connectivity index (χ4n) is 12.4. The number of ether oxygens (including phenoxy) is 1. The standard InChI is InChI=1S/C76H99BrN16O28/c1-34(14-15-37-10-6-4-7-11-37)20-51(99)43-26-56(103)82-49(30-94)69(113)87-48-29-92-28-41(93(33-92)75-63(107)62(106)60(104)53(32-96)121-75)22-45(66(110)90-58(36(3)97)73(117)88-50(31-95)70(114)84-44(65(109)83-43)21-38-12-8-5-9-13-38)81-55(102)24-42(98)23-47(76(119)120)86-71(115)52(100)27-80-72(116)57(35(2)39-16-18-40(77)19-17-39)89-74(118)59(61(105)64(79)108)91-67(111)46(25-54(78)101)85-68(48)112/h4-20,28,33,35-36,42-53,57-63,75,94-100,104-107H,21-27,29-32H2,1-3H3,(H16-,78,79,80,81,82,83,84,85,86,87,88,89,90,91,101,102,103,108,109,110,111,112,113,114,115,116,117,118,119,120)/b15-14+,34-20+/t35-,36-,42+,43-,44-,45-,46-,47-,48+,49-,50-,51-,52-,53+,57-,58-,59-,60-,61+,62-,63+,75+/m0/s1. The van der Waals surface area contributed by atoms with Crippen LogP contribution >= 0.6 is 15.9 Å². The van der Waals surface area contributed by atoms with Gasteiger partial charge in [0.1, 0.15) is 73.1 Å². The number of nitrogens with zero attached hydrogens (tertiary/aromatic N) is 14. The molecule has 3 aromatic carbocycles. The third-order valence-corrected chi connectivity index (χ3v) is 19.5. The third-order valence-electron chi connectivity index (χ3n) is 19.0. The number of aliphatic hydroxyl groups is 25. The van der Waals surface area contributed by atoms with Gasteiger partial charge in [-0.25, -0.2) is 64.1 Å². The Labute approximate surface area is 697 Å². The number of imidazole rings is 1. The van der Waals surface area contributed by atoms with Gasteiger partial charge in [-0.05, 0) is 42.7 Å². The number of aromatic nitrogens is 2. The van der Waals surface area contributed by atoms with Gasteiger partial charge in [0.2, 0.25) is 77.4 Å². The minimum absolute atomic E-state index is 0.290. The first-order valence-corrected chi connectivity index (χ1v) is 38.1. The number of fused-ring (bicyclic) bond motifs is 2. The Balaban J connectivity index is 1.61. The average Bonchev–Trinajstić information content (AvgIpc) is 1.72. The van der Waals surface area contributed by atoms with Crippen molar-refractivity contribution in [3.05, 3.63) is 142 Å². The van der Waals surface area contributed by atoms with Crippen molar-refractivity contribution < 1.29 is 147 Å². The van der Waals surface area contributed by atoms with Crippen LogP contribution in [0.15, 0.2) is 180 Å². The molecule has 0 saturated carbocycles. The molecule has 1 aromatic heterocycles. The highest BCUT2D eigenvalue weighted by atomic mass is 79.9. The number of carbonyl (C=O) groups is 1. The number of aliphatic carboxylic acids is 1. The SMILES string of the molecule is CC(/C=C/c1ccccc1)=C\[C@H](O)[C@@H]1CC(O)=N[C@@H](CO)C(O)=N[C@@H]2C[n+]3cc(n([C@@H]4O[C@H](CO)[C@H](O)[C@H](O)[C@H]4O)c3)C[C@H](N=C(O)C[C@H](O)C[C@@H](C(=O)[O-])N=C(O)[C@@H](O)CN=C(O)[C@H]([C@@H](C)c3ccc(Br)cc3)N=C(O)[C@H]([C@@H](O)C(=N)O)N=C(O)[C@H](CC(=N)O)N=C2O)C(O)=N[C@@H]([C@H](C)O)C(O)=N[C@@H](CO)C(O)=N[C@@H](Cc2ccccc2)C(O)=N1. The van der Waals surface area contributed by atoms with Crippen LogP contribution in [0.5, 0.6) is 0 Å². The number of nitrogens with one attached hydrogen (secondary N) is 2. The molecule has 27 N–H and O–H groups in total. The maximum absolute atomic E-state index is 12.7. The van der Waals surface area contributed by atoms with Gasteiger partial charge in [0.05, 0.1) is 69.2 Å². The molecule has 0 spiro atoms. The van der Waals surface area contributed by atoms with Crippen molar-refractivity contribution in [1.29, 1.82) is 10.8 Å². The monoisotopic (exact) mass is 1760 g/mol. The van der Waals surface area contributed by atoms with Crippen molar-refractivity contribution in [2.75, 3.05) is 26.4 Å². The van der Waals surface area contributed by atoms with Crippen LogP contribution in [0.25, 0.3) is 6.08 Å². The third kappa shape index (κ3) is 27.7. The zero-order valence-electron chi connectivity index (χ0n) is 65.0. The van der Waals surface area contributed by atoms with Gasteiger partial charge in [0.25, 0.3) is 0 Å². The summed E-state index contributed by atoms with van der Waals surface area (Å²) in [5.74, 6) is -22.1. The molecule has 1 saturated heterocycles. The minimum Gasteiger partial charge on any atom is -0.548 e. The quantitative estimate of drug-likeness (QED) is 0.0259. The van der Waals surface area contributed by atoms with Crippen molar-refractivity contribution in [2.45, 2.75) is 199 Å². The molecule has 3 aliphatic heterocycles. The van der Waals surface area contributed by atoms with Crippen LogP contribution in [-0.4, -0.2) is 369 Å². The van der Waals surface area contributed by atoms with Crippen LogP contribution in [0.3, 0.4) is 0 Å². The smallest absolute Gasteiger partial charge is 0.246 e. The lowest BCUT2D eigenvalue weighted by atomic mass is 9.93. The van der Waals surface area contributed by atoms with Crippen LogP contribution in [0, 0.1) is 10.8 Å². The van der Waals surface area contributed by atoms with Gasteiger partial charge in [-0.2, -0.15) is 0 Å². The fourth-order valence-corrected chi connectivity index (χ4v) is 12.7. The van der Waals surface area contributed by atoms with Crippen molar-refractivity contribution in [1.82, 2.24) is 4.57 Å². The van der Waals surface area contributed by atoms with E-state index in [-0.39, 0.29) is 6.42 Å². The number of carboxylic acid groups (broad SMARTS) is 1. The molecule has 0 radical (unpaired) electrons. The second-order valence-corrected chi connectivity index (χ2v) is 29.3. The Hall–Kier alpha value is -11.6. The molecule has 658 valence electrons. The van der Waals surface area contributed by atoms with Crippen LogP contribution in [0.2, 0.25) is 0 Å². The molecule has 22 atom stereocenters. The summed E-state index contributed by atoms with van der Waals surface area (Å²) < 4.78 is 8.29. The van der Waals surface area contributed by atoms with Crippen LogP contribution in [0.1, 0.15) is 81.0 Å². The van der Waals surface area contributed by atoms with E-state index < -0.39 is 293 Å². The van der Waals surface area contributed by atoms with Crippen LogP contribution < -0.4 is 9.67 Å². The van der Waals surface area contributed by atoms with E-state index in [4.69, 9.17) is 15.6 Å². The van der Waals surface area contributed by atoms with Crippen LogP contribution in [0.4, 0.5) is 0 Å². The predicted octanol–water partition coefficient (Wildman–Crippen LogP) is -0.491. The highest BCUT2D eigenvalue weighted by molar-refractivity contribution is 9.10. The van der Waals surface area contributed by atoms with Crippen molar-refractivity contribution in [3.8, 4) is 0 Å². The Bertz CT molecular complexity index is 4630. The summed E-state index contributed by atoms with van der Waals surface area (Å²) >= 11 is 3.29. The van der Waals surface area contributed by atoms with Gasteiger partial charge in [-0.3, -0.25) is 15.8 Å². The van der Waals surface area contributed by atoms with Crippen molar-refractivity contribution >= 4 is 111 Å². The van der Waals surface area contributed by atoms with Gasteiger partial charge in [0, 0.05) is 42.5 Å². The normalized spacial score (nSPS) is 28.8. The lowest BCUT2D eigenvalue weighted by Gasteiger charge is -2.38. The lowest BCUT2D eigenvalue weighted by molar-refractivity contribution is -0.696. The molecule has 4 heterocycles. The summed E-state index contributed by atoms with van der Waals surface area (Å²) in [5, 5.41) is 317. The maximum Gasteiger partial charge on any atom is 0.246 e. The number of aliphatic hydroxyl groups excluding tert-OH is 25. The van der Waals surface area contributed by atoms with Gasteiger partial charge in [0.15, 0.2) is 54.0 Å². The summed E-state index contributed by atoms with van der Waals surface area (Å²) in [5.41, 5.74) is 1.34. The largest absolute Gasteiger partial charge is 0.548 e. The van der Waals surface area contributed by atoms with Gasteiger partial charge in [-0.15, -0.1) is 0 Å². The number of rotatable bonds is 18. The van der Waals surface area contributed by atoms with Gasteiger partial charge in [-0.1, -0.05) is 119 Å². The predicted molar refractivity (Wildman–Crippen MR) is 441 cm³/mol. The number of allylic oxidation sites excluding steroid dienone is 2. The molecule has 121 heavy (non-hydrogen) atoms. The second kappa shape index (κ2) is 45.2. The molecule has 44 nitrogen and oxygen atoms in total. The van der Waals surface area contributed by atoms with Crippen LogP contribution in [-0.2, 0) is 28.9 Å². The molecule has 7 rings (SSSR count). The van der Waals surface area contributed by atoms with E-state index >= 15 is 0 Å². The first kappa shape index (κ1) is 96.5. The average molecular weight is 1760 g/mol. The van der Waals surface area contributed by atoms with Crippen molar-refractivity contribution in [3.63, 3.8) is 0 Å². The van der Waals surface area contributed by atoms with Crippen molar-refractivity contribution in [2.24, 2.45) is 59.9 Å². The number of hydrogen-bond acceptors (Lipinski definition) is 28. The number of halogens is 1.